The highest BCUT2D eigenvalue weighted by atomic mass is 32.2. The van der Waals surface area contributed by atoms with Crippen molar-refractivity contribution in [1.82, 2.24) is 15.6 Å². The predicted octanol–water partition coefficient (Wildman–Crippen LogP) is 1.26. The van der Waals surface area contributed by atoms with E-state index in [4.69, 9.17) is 4.74 Å². The zero-order valence-electron chi connectivity index (χ0n) is 17.6. The van der Waals surface area contributed by atoms with Crippen LogP contribution in [0.25, 0.3) is 0 Å². The van der Waals surface area contributed by atoms with E-state index < -0.39 is 27.9 Å². The van der Waals surface area contributed by atoms with Gasteiger partial charge in [-0.25, -0.2) is 13.2 Å². The molecule has 172 valence electrons. The molecule has 1 aromatic heterocycles. The summed E-state index contributed by atoms with van der Waals surface area (Å²) in [6.07, 6.45) is 3.10. The topological polar surface area (TPSA) is 144 Å². The van der Waals surface area contributed by atoms with Crippen LogP contribution < -0.4 is 16.0 Å². The van der Waals surface area contributed by atoms with Gasteiger partial charge in [0.05, 0.1) is 17.6 Å². The van der Waals surface area contributed by atoms with Crippen molar-refractivity contribution in [3.8, 4) is 0 Å². The summed E-state index contributed by atoms with van der Waals surface area (Å²) in [4.78, 5) is 40.4. The fourth-order valence-corrected chi connectivity index (χ4v) is 3.25. The van der Waals surface area contributed by atoms with Gasteiger partial charge in [-0.1, -0.05) is 30.3 Å². The lowest BCUT2D eigenvalue weighted by molar-refractivity contribution is -0.123. The maximum atomic E-state index is 12.5. The van der Waals surface area contributed by atoms with E-state index in [9.17, 15) is 22.8 Å². The van der Waals surface area contributed by atoms with Crippen molar-refractivity contribution in [3.63, 3.8) is 0 Å². The number of hydrogen-bond acceptors (Lipinski definition) is 7. The number of ether oxygens (including phenoxy) is 1. The molecule has 32 heavy (non-hydrogen) atoms. The van der Waals surface area contributed by atoms with Gasteiger partial charge in [-0.15, -0.1) is 0 Å². The predicted molar refractivity (Wildman–Crippen MR) is 118 cm³/mol. The van der Waals surface area contributed by atoms with Gasteiger partial charge >= 0.3 is 6.09 Å². The number of hydrogen-bond donors (Lipinski definition) is 3. The molecule has 0 aliphatic rings. The van der Waals surface area contributed by atoms with Crippen LogP contribution in [-0.4, -0.2) is 55.9 Å². The molecule has 2 rings (SSSR count). The van der Waals surface area contributed by atoms with E-state index in [1.54, 1.807) is 42.6 Å². The van der Waals surface area contributed by atoms with E-state index in [2.05, 4.69) is 20.9 Å². The number of sulfone groups is 1. The van der Waals surface area contributed by atoms with Crippen LogP contribution in [0.2, 0.25) is 0 Å². The lowest BCUT2D eigenvalue weighted by Gasteiger charge is -2.18. The summed E-state index contributed by atoms with van der Waals surface area (Å²) in [5.74, 6) is -1.24. The minimum Gasteiger partial charge on any atom is -0.445 e. The number of pyridine rings is 1. The lowest BCUT2D eigenvalue weighted by atomic mass is 10.2. The fraction of sp³-hybridized carbons (Fsp3) is 0.333. The highest BCUT2D eigenvalue weighted by Gasteiger charge is 2.23. The molecule has 0 saturated carbocycles. The number of carbonyl (C=O) groups is 3. The number of benzene rings is 1. The molecule has 0 spiro atoms. The summed E-state index contributed by atoms with van der Waals surface area (Å²) >= 11 is 0. The van der Waals surface area contributed by atoms with Gasteiger partial charge in [0.1, 0.15) is 22.5 Å². The molecule has 0 saturated heterocycles. The Hall–Kier alpha value is -3.47. The second-order valence-corrected chi connectivity index (χ2v) is 9.27. The minimum atomic E-state index is -3.35. The van der Waals surface area contributed by atoms with Gasteiger partial charge in [-0.2, -0.15) is 0 Å². The highest BCUT2D eigenvalue weighted by Crippen LogP contribution is 2.04. The van der Waals surface area contributed by atoms with Crippen LogP contribution in [-0.2, 0) is 30.8 Å². The molecule has 10 nitrogen and oxygen atoms in total. The summed E-state index contributed by atoms with van der Waals surface area (Å²) in [6, 6.07) is 11.2. The van der Waals surface area contributed by atoms with Gasteiger partial charge in [-0.3, -0.25) is 14.6 Å². The van der Waals surface area contributed by atoms with Crippen LogP contribution in [0.5, 0.6) is 0 Å². The molecule has 3 N–H and O–H groups in total. The van der Waals surface area contributed by atoms with Crippen molar-refractivity contribution in [2.45, 2.75) is 25.5 Å². The average Bonchev–Trinajstić information content (AvgIpc) is 2.76. The molecule has 1 atom stereocenters. The zero-order chi connectivity index (χ0) is 23.4. The smallest absolute Gasteiger partial charge is 0.408 e. The van der Waals surface area contributed by atoms with Crippen LogP contribution in [0.1, 0.15) is 18.4 Å². The largest absolute Gasteiger partial charge is 0.445 e. The van der Waals surface area contributed by atoms with Gasteiger partial charge in [0.15, 0.2) is 0 Å². The van der Waals surface area contributed by atoms with Crippen molar-refractivity contribution in [1.29, 1.82) is 0 Å². The first-order valence-electron chi connectivity index (χ1n) is 9.85. The molecule has 1 aromatic carbocycles. The van der Waals surface area contributed by atoms with E-state index in [0.717, 1.165) is 11.8 Å². The van der Waals surface area contributed by atoms with Crippen LogP contribution in [0.4, 0.5) is 10.5 Å². The van der Waals surface area contributed by atoms with Crippen molar-refractivity contribution in [2.24, 2.45) is 0 Å². The Morgan fingerprint density at radius 3 is 2.50 bits per heavy atom. The third-order valence-electron chi connectivity index (χ3n) is 4.20. The van der Waals surface area contributed by atoms with Crippen LogP contribution >= 0.6 is 0 Å². The van der Waals surface area contributed by atoms with Crippen molar-refractivity contribution in [3.05, 3.63) is 60.4 Å². The minimum absolute atomic E-state index is 0.00104. The molecule has 0 aliphatic heterocycles. The Balaban J connectivity index is 1.84. The second kappa shape index (κ2) is 12.4. The molecule has 0 radical (unpaired) electrons. The first kappa shape index (κ1) is 24.8. The zero-order valence-corrected chi connectivity index (χ0v) is 18.4. The Morgan fingerprint density at radius 2 is 1.84 bits per heavy atom. The maximum Gasteiger partial charge on any atom is 0.408 e. The molecule has 3 amide bonds. The van der Waals surface area contributed by atoms with Crippen molar-refractivity contribution >= 4 is 33.4 Å². The SMILES string of the molecule is CS(=O)(=O)CCC(NC(=O)OCc1ccccc1)C(=O)NCCC(=O)Nc1cccnc1. The Kier molecular flexibility index (Phi) is 9.61. The van der Waals surface area contributed by atoms with Crippen LogP contribution in [0.3, 0.4) is 0 Å². The van der Waals surface area contributed by atoms with Crippen LogP contribution in [0, 0.1) is 0 Å². The standard InChI is InChI=1S/C21H26N4O6S/c1-32(29,30)13-10-18(25-21(28)31-15-16-6-3-2-4-7-16)20(27)23-12-9-19(26)24-17-8-5-11-22-14-17/h2-8,11,14,18H,9-10,12-13,15H2,1H3,(H,23,27)(H,24,26)(H,25,28). The number of rotatable bonds is 11. The Labute approximate surface area is 186 Å². The summed E-state index contributed by atoms with van der Waals surface area (Å²) < 4.78 is 28.1. The molecular formula is C21H26N4O6S. The number of nitrogens with one attached hydrogen (secondary N) is 3. The van der Waals surface area contributed by atoms with Crippen LogP contribution in [0.15, 0.2) is 54.9 Å². The summed E-state index contributed by atoms with van der Waals surface area (Å²) in [7, 11) is -3.35. The number of anilines is 1. The summed E-state index contributed by atoms with van der Waals surface area (Å²) in [5.41, 5.74) is 1.29. The summed E-state index contributed by atoms with van der Waals surface area (Å²) in [6.45, 7) is 0.00263. The highest BCUT2D eigenvalue weighted by molar-refractivity contribution is 7.90. The number of nitrogens with zero attached hydrogens (tertiary/aromatic N) is 1. The van der Waals surface area contributed by atoms with Gasteiger partial charge in [0, 0.05) is 25.4 Å². The number of carbonyl (C=O) groups excluding carboxylic acids is 3. The van der Waals surface area contributed by atoms with Gasteiger partial charge < -0.3 is 20.7 Å². The second-order valence-electron chi connectivity index (χ2n) is 7.01. The monoisotopic (exact) mass is 462 g/mol. The third-order valence-corrected chi connectivity index (χ3v) is 5.17. The number of alkyl carbamates (subject to hydrolysis) is 1. The van der Waals surface area contributed by atoms with Crippen molar-refractivity contribution < 1.29 is 27.5 Å². The Morgan fingerprint density at radius 1 is 1.09 bits per heavy atom. The number of amides is 3. The first-order chi connectivity index (χ1) is 15.2. The van der Waals surface area contributed by atoms with E-state index in [-0.39, 0.29) is 37.7 Å². The van der Waals surface area contributed by atoms with E-state index in [0.29, 0.717) is 5.69 Å². The quantitative estimate of drug-likeness (QED) is 0.456. The van der Waals surface area contributed by atoms with E-state index >= 15 is 0 Å². The normalized spacial score (nSPS) is 11.8. The molecule has 0 aliphatic carbocycles. The number of aromatic nitrogens is 1. The molecular weight excluding hydrogens is 436 g/mol. The molecule has 1 unspecified atom stereocenters. The molecule has 11 heteroatoms. The molecule has 1 heterocycles. The van der Waals surface area contributed by atoms with Gasteiger partial charge in [0.2, 0.25) is 11.8 Å². The van der Waals surface area contributed by atoms with E-state index in [1.165, 1.54) is 6.20 Å². The molecule has 2 aromatic rings. The lowest BCUT2D eigenvalue weighted by Crippen LogP contribution is -2.48. The average molecular weight is 463 g/mol. The third kappa shape index (κ3) is 10.0. The maximum absolute atomic E-state index is 12.5. The first-order valence-corrected chi connectivity index (χ1v) is 11.9. The van der Waals surface area contributed by atoms with E-state index in [1.807, 2.05) is 6.07 Å². The van der Waals surface area contributed by atoms with Gasteiger partial charge in [-0.05, 0) is 24.1 Å². The van der Waals surface area contributed by atoms with Gasteiger partial charge in [0.25, 0.3) is 0 Å². The molecule has 0 bridgehead atoms. The van der Waals surface area contributed by atoms with Crippen molar-refractivity contribution in [2.75, 3.05) is 23.9 Å². The summed E-state index contributed by atoms with van der Waals surface area (Å²) in [5, 5.41) is 7.56. The molecule has 0 fully saturated rings. The fourth-order valence-electron chi connectivity index (χ4n) is 2.59. The Bertz CT molecular complexity index is 999.